The van der Waals surface area contributed by atoms with Crippen LogP contribution >= 0.6 is 0 Å². The van der Waals surface area contributed by atoms with Gasteiger partial charge in [0.25, 0.3) is 0 Å². The predicted octanol–water partition coefficient (Wildman–Crippen LogP) is 2.67. The van der Waals surface area contributed by atoms with Gasteiger partial charge in [-0.1, -0.05) is 18.2 Å². The van der Waals surface area contributed by atoms with E-state index in [-0.39, 0.29) is 5.91 Å². The van der Waals surface area contributed by atoms with Crippen molar-refractivity contribution >= 4 is 28.7 Å². The lowest BCUT2D eigenvalue weighted by Crippen LogP contribution is -2.35. The van der Waals surface area contributed by atoms with Gasteiger partial charge in [-0.25, -0.2) is 0 Å². The molecule has 3 rings (SSSR count). The number of fused-ring (bicyclic) bond motifs is 1. The molecule has 3 N–H and O–H groups in total. The number of nitrogens with two attached hydrogens (primary N) is 1. The summed E-state index contributed by atoms with van der Waals surface area (Å²) in [5.74, 6) is -0.0134. The first kappa shape index (κ1) is 11.6. The molecule has 0 spiro atoms. The topological polar surface area (TPSA) is 58.4 Å². The van der Waals surface area contributed by atoms with E-state index in [4.69, 9.17) is 5.73 Å². The lowest BCUT2D eigenvalue weighted by Gasteiger charge is -2.32. The van der Waals surface area contributed by atoms with Gasteiger partial charge >= 0.3 is 0 Å². The largest absolute Gasteiger partial charge is 0.398 e. The Morgan fingerprint density at radius 1 is 1.11 bits per heavy atom. The number of amides is 1. The molecule has 1 aliphatic heterocycles. The first-order valence-electron chi connectivity index (χ1n) is 6.18. The second-order valence-electron chi connectivity index (χ2n) is 4.64. The third kappa shape index (κ3) is 1.91. The molecule has 0 bridgehead atoms. The lowest BCUT2D eigenvalue weighted by molar-refractivity contribution is -0.115. The van der Waals surface area contributed by atoms with Crippen molar-refractivity contribution in [1.82, 2.24) is 0 Å². The van der Waals surface area contributed by atoms with E-state index in [1.807, 2.05) is 54.3 Å². The van der Waals surface area contributed by atoms with E-state index in [0.29, 0.717) is 6.54 Å². The molecule has 0 fully saturated rings. The van der Waals surface area contributed by atoms with Gasteiger partial charge in [0, 0.05) is 11.4 Å². The Bertz CT molecular complexity index is 652. The maximum Gasteiger partial charge on any atom is 0.244 e. The number of nitrogens with one attached hydrogen (secondary N) is 1. The molecule has 0 saturated carbocycles. The molecule has 1 aliphatic rings. The second-order valence-corrected chi connectivity index (χ2v) is 4.64. The predicted molar refractivity (Wildman–Crippen MR) is 77.7 cm³/mol. The number of carbonyl (C=O) groups excluding carboxylic acids is 1. The van der Waals surface area contributed by atoms with Crippen LogP contribution in [0.1, 0.15) is 5.56 Å². The van der Waals surface area contributed by atoms with Crippen molar-refractivity contribution in [2.24, 2.45) is 0 Å². The van der Waals surface area contributed by atoms with Crippen LogP contribution in [0.2, 0.25) is 0 Å². The molecule has 0 atom stereocenters. The summed E-state index contributed by atoms with van der Waals surface area (Å²) in [6.45, 7) is 2.28. The van der Waals surface area contributed by atoms with E-state index in [9.17, 15) is 4.79 Å². The number of nitrogen functional groups attached to an aromatic ring is 1. The molecule has 2 aromatic carbocycles. The van der Waals surface area contributed by atoms with Crippen molar-refractivity contribution in [3.63, 3.8) is 0 Å². The van der Waals surface area contributed by atoms with Gasteiger partial charge in [-0.05, 0) is 36.8 Å². The van der Waals surface area contributed by atoms with E-state index >= 15 is 0 Å². The van der Waals surface area contributed by atoms with E-state index in [1.165, 1.54) is 0 Å². The highest BCUT2D eigenvalue weighted by atomic mass is 16.2. The monoisotopic (exact) mass is 253 g/mol. The first-order chi connectivity index (χ1) is 9.16. The van der Waals surface area contributed by atoms with Gasteiger partial charge in [0.15, 0.2) is 0 Å². The minimum atomic E-state index is -0.0134. The Balaban J connectivity index is 2.15. The summed E-state index contributed by atoms with van der Waals surface area (Å²) in [4.78, 5) is 13.8. The summed E-state index contributed by atoms with van der Waals surface area (Å²) in [5.41, 5.74) is 10.5. The summed E-state index contributed by atoms with van der Waals surface area (Å²) in [5, 5.41) is 2.88. The van der Waals surface area contributed by atoms with Crippen molar-refractivity contribution in [2.45, 2.75) is 6.92 Å². The molecule has 0 aromatic heterocycles. The van der Waals surface area contributed by atoms with Crippen LogP contribution in [0.15, 0.2) is 42.5 Å². The molecule has 1 amide bonds. The average molecular weight is 253 g/mol. The van der Waals surface area contributed by atoms with Crippen LogP contribution in [0.5, 0.6) is 0 Å². The fourth-order valence-corrected chi connectivity index (χ4v) is 2.38. The number of nitrogens with zero attached hydrogens (tertiary/aromatic N) is 1. The summed E-state index contributed by atoms with van der Waals surface area (Å²) >= 11 is 0. The SMILES string of the molecule is Cc1c(N)cccc1N1CC(=O)Nc2ccccc21. The maximum atomic E-state index is 11.8. The normalized spacial score (nSPS) is 13.9. The summed E-state index contributed by atoms with van der Waals surface area (Å²) in [6.07, 6.45) is 0. The summed E-state index contributed by atoms with van der Waals surface area (Å²) < 4.78 is 0. The van der Waals surface area contributed by atoms with Gasteiger partial charge in [-0.15, -0.1) is 0 Å². The zero-order chi connectivity index (χ0) is 13.4. The number of para-hydroxylation sites is 2. The minimum absolute atomic E-state index is 0.0134. The van der Waals surface area contributed by atoms with Crippen LogP contribution in [-0.2, 0) is 4.79 Å². The van der Waals surface area contributed by atoms with Crippen LogP contribution in [-0.4, -0.2) is 12.5 Å². The van der Waals surface area contributed by atoms with E-state index < -0.39 is 0 Å². The highest BCUT2D eigenvalue weighted by Gasteiger charge is 2.23. The molecule has 0 aliphatic carbocycles. The molecule has 1 heterocycles. The summed E-state index contributed by atoms with van der Waals surface area (Å²) in [7, 11) is 0. The van der Waals surface area contributed by atoms with E-state index in [1.54, 1.807) is 0 Å². The zero-order valence-electron chi connectivity index (χ0n) is 10.7. The molecule has 19 heavy (non-hydrogen) atoms. The zero-order valence-corrected chi connectivity index (χ0v) is 10.7. The van der Waals surface area contributed by atoms with Crippen LogP contribution in [0.3, 0.4) is 0 Å². The second kappa shape index (κ2) is 4.31. The Morgan fingerprint density at radius 3 is 2.68 bits per heavy atom. The molecule has 4 heteroatoms. The smallest absolute Gasteiger partial charge is 0.244 e. The van der Waals surface area contributed by atoms with Gasteiger partial charge < -0.3 is 16.0 Å². The molecular weight excluding hydrogens is 238 g/mol. The van der Waals surface area contributed by atoms with Crippen LogP contribution in [0, 0.1) is 6.92 Å². The van der Waals surface area contributed by atoms with Crippen molar-refractivity contribution in [3.05, 3.63) is 48.0 Å². The maximum absolute atomic E-state index is 11.8. The molecule has 0 unspecified atom stereocenters. The van der Waals surface area contributed by atoms with Crippen LogP contribution in [0.25, 0.3) is 0 Å². The standard InChI is InChI=1S/C15H15N3O/c1-10-11(16)5-4-8-13(10)18-9-15(19)17-12-6-2-3-7-14(12)18/h2-8H,9,16H2,1H3,(H,17,19). The Kier molecular flexibility index (Phi) is 2.63. The quantitative estimate of drug-likeness (QED) is 0.768. The third-order valence-electron chi connectivity index (χ3n) is 3.41. The van der Waals surface area contributed by atoms with Crippen molar-refractivity contribution in [3.8, 4) is 0 Å². The van der Waals surface area contributed by atoms with Crippen LogP contribution in [0.4, 0.5) is 22.7 Å². The number of rotatable bonds is 1. The number of benzene rings is 2. The Morgan fingerprint density at radius 2 is 1.84 bits per heavy atom. The molecule has 0 saturated heterocycles. The third-order valence-corrected chi connectivity index (χ3v) is 3.41. The van der Waals surface area contributed by atoms with Gasteiger partial charge in [-0.3, -0.25) is 4.79 Å². The number of hydrogen-bond acceptors (Lipinski definition) is 3. The molecule has 0 radical (unpaired) electrons. The van der Waals surface area contributed by atoms with Gasteiger partial charge in [-0.2, -0.15) is 0 Å². The van der Waals surface area contributed by atoms with E-state index in [2.05, 4.69) is 5.32 Å². The highest BCUT2D eigenvalue weighted by Crippen LogP contribution is 2.37. The Labute approximate surface area is 111 Å². The van der Waals surface area contributed by atoms with Gasteiger partial charge in [0.05, 0.1) is 11.4 Å². The van der Waals surface area contributed by atoms with Gasteiger partial charge in [0.1, 0.15) is 6.54 Å². The summed E-state index contributed by atoms with van der Waals surface area (Å²) in [6, 6.07) is 13.5. The minimum Gasteiger partial charge on any atom is -0.398 e. The fraction of sp³-hybridized carbons (Fsp3) is 0.133. The van der Waals surface area contributed by atoms with Crippen LogP contribution < -0.4 is 16.0 Å². The van der Waals surface area contributed by atoms with Crippen molar-refractivity contribution in [2.75, 3.05) is 22.5 Å². The van der Waals surface area contributed by atoms with E-state index in [0.717, 1.165) is 28.3 Å². The lowest BCUT2D eigenvalue weighted by atomic mass is 10.1. The number of anilines is 4. The van der Waals surface area contributed by atoms with Crippen molar-refractivity contribution < 1.29 is 4.79 Å². The molecule has 96 valence electrons. The number of carbonyl (C=O) groups is 1. The molecule has 2 aromatic rings. The highest BCUT2D eigenvalue weighted by molar-refractivity contribution is 6.03. The first-order valence-corrected chi connectivity index (χ1v) is 6.18. The average Bonchev–Trinajstić information content (AvgIpc) is 2.41. The Hall–Kier alpha value is -2.49. The fourth-order valence-electron chi connectivity index (χ4n) is 2.38. The molecular formula is C15H15N3O. The number of hydrogen-bond donors (Lipinski definition) is 2. The van der Waals surface area contributed by atoms with Gasteiger partial charge in [0.2, 0.25) is 5.91 Å². The van der Waals surface area contributed by atoms with Crippen molar-refractivity contribution in [1.29, 1.82) is 0 Å². The molecule has 4 nitrogen and oxygen atoms in total.